The first-order chi connectivity index (χ1) is 19.5. The first-order valence-electron chi connectivity index (χ1n) is 14.1. The minimum Gasteiger partial charge on any atom is -0.438 e. The van der Waals surface area contributed by atoms with Crippen molar-refractivity contribution in [2.45, 2.75) is 26.4 Å². The second kappa shape index (κ2) is 13.3. The van der Waals surface area contributed by atoms with Crippen LogP contribution in [0.4, 0.5) is 4.39 Å². The molecule has 8 nitrogen and oxygen atoms in total. The molecule has 0 aliphatic carbocycles. The van der Waals surface area contributed by atoms with Crippen LogP contribution < -0.4 is 10.5 Å². The minimum absolute atomic E-state index is 0.0195. The van der Waals surface area contributed by atoms with Crippen LogP contribution in [0.3, 0.4) is 0 Å². The zero-order valence-electron chi connectivity index (χ0n) is 23.2. The summed E-state index contributed by atoms with van der Waals surface area (Å²) < 4.78 is 25.1. The number of pyridine rings is 1. The number of rotatable bonds is 10. The van der Waals surface area contributed by atoms with Crippen molar-refractivity contribution in [3.8, 4) is 22.8 Å². The maximum atomic E-state index is 13.7. The highest BCUT2D eigenvalue weighted by Crippen LogP contribution is 2.32. The monoisotopic (exact) mass is 547 g/mol. The van der Waals surface area contributed by atoms with Crippen molar-refractivity contribution in [3.63, 3.8) is 0 Å². The van der Waals surface area contributed by atoms with E-state index in [0.29, 0.717) is 5.75 Å². The number of ether oxygens (including phenoxy) is 2. The van der Waals surface area contributed by atoms with Crippen molar-refractivity contribution in [2.75, 3.05) is 59.0 Å². The number of primary amides is 1. The van der Waals surface area contributed by atoms with Gasteiger partial charge in [-0.05, 0) is 53.4 Å². The number of piperazine rings is 1. The zero-order valence-corrected chi connectivity index (χ0v) is 23.2. The van der Waals surface area contributed by atoms with Crippen molar-refractivity contribution in [1.82, 2.24) is 19.7 Å². The number of carbonyl (C=O) groups is 1. The first kappa shape index (κ1) is 28.2. The lowest BCUT2D eigenvalue weighted by atomic mass is 9.96. The molecule has 5 rings (SSSR count). The summed E-state index contributed by atoms with van der Waals surface area (Å²) in [6.07, 6.45) is 2.21. The van der Waals surface area contributed by atoms with Gasteiger partial charge in [-0.2, -0.15) is 0 Å². The third-order valence-electron chi connectivity index (χ3n) is 7.52. The highest BCUT2D eigenvalue weighted by atomic mass is 19.1. The number of amides is 1. The van der Waals surface area contributed by atoms with E-state index in [1.54, 1.807) is 6.07 Å². The van der Waals surface area contributed by atoms with E-state index >= 15 is 0 Å². The molecule has 2 aliphatic rings. The predicted octanol–water partition coefficient (Wildman–Crippen LogP) is 4.14. The van der Waals surface area contributed by atoms with E-state index in [4.69, 9.17) is 15.2 Å². The van der Waals surface area contributed by atoms with Gasteiger partial charge in [0.05, 0.1) is 19.4 Å². The van der Waals surface area contributed by atoms with Crippen LogP contribution in [-0.2, 0) is 17.8 Å². The summed E-state index contributed by atoms with van der Waals surface area (Å²) in [5, 5.41) is 0. The molecular formula is C31H38FN5O3. The largest absolute Gasteiger partial charge is 0.438 e. The summed E-state index contributed by atoms with van der Waals surface area (Å²) in [5.74, 6) is -0.974. The molecule has 2 aliphatic heterocycles. The number of morpholine rings is 1. The zero-order chi connectivity index (χ0) is 27.9. The first-order valence-corrected chi connectivity index (χ1v) is 14.1. The van der Waals surface area contributed by atoms with Crippen LogP contribution in [0.15, 0.2) is 54.7 Å². The van der Waals surface area contributed by atoms with Gasteiger partial charge in [-0.1, -0.05) is 37.3 Å². The van der Waals surface area contributed by atoms with Crippen LogP contribution in [-0.4, -0.2) is 84.6 Å². The summed E-state index contributed by atoms with van der Waals surface area (Å²) in [4.78, 5) is 23.3. The molecule has 2 fully saturated rings. The Morgan fingerprint density at radius 3 is 2.48 bits per heavy atom. The van der Waals surface area contributed by atoms with E-state index in [9.17, 15) is 9.18 Å². The molecule has 3 aromatic rings. The number of nitrogens with two attached hydrogens (primary N) is 1. The number of hydrogen-bond donors (Lipinski definition) is 1. The van der Waals surface area contributed by atoms with Crippen LogP contribution in [0.25, 0.3) is 11.1 Å². The summed E-state index contributed by atoms with van der Waals surface area (Å²) >= 11 is 0. The number of nitrogens with zero attached hydrogens (tertiary/aromatic N) is 4. The molecule has 2 saturated heterocycles. The number of hydrogen-bond acceptors (Lipinski definition) is 7. The molecule has 1 amide bonds. The second-order valence-corrected chi connectivity index (χ2v) is 10.5. The Kier molecular flexibility index (Phi) is 9.38. The Bertz CT molecular complexity index is 1310. The fourth-order valence-electron chi connectivity index (χ4n) is 5.43. The molecule has 0 saturated carbocycles. The minimum atomic E-state index is -0.798. The molecule has 0 atom stereocenters. The summed E-state index contributed by atoms with van der Waals surface area (Å²) in [6, 6.07) is 15.4. The van der Waals surface area contributed by atoms with Gasteiger partial charge in [-0.3, -0.25) is 14.6 Å². The van der Waals surface area contributed by atoms with Crippen molar-refractivity contribution in [2.24, 2.45) is 5.73 Å². The van der Waals surface area contributed by atoms with Gasteiger partial charge >= 0.3 is 0 Å². The van der Waals surface area contributed by atoms with Gasteiger partial charge in [-0.15, -0.1) is 0 Å². The fraction of sp³-hybridized carbons (Fsp3) is 0.419. The fourth-order valence-corrected chi connectivity index (χ4v) is 5.43. The molecule has 0 unspecified atom stereocenters. The standard InChI is InChI=1S/C31H38FN5O3/c1-2-8-35-9-11-36(12-10-35)21-23-6-7-28(25(17-23)22-37-13-15-39-16-14-37)24-4-3-5-27(18-24)40-31-29(30(33)38)19-26(32)20-34-31/h3-7,17-20H,2,8-16,21-22H2,1H3,(H2,33,38). The number of aromatic nitrogens is 1. The third kappa shape index (κ3) is 7.22. The van der Waals surface area contributed by atoms with Crippen molar-refractivity contribution in [3.05, 3.63) is 77.2 Å². The van der Waals surface area contributed by atoms with Gasteiger partial charge in [0.15, 0.2) is 0 Å². The van der Waals surface area contributed by atoms with Gasteiger partial charge in [0.1, 0.15) is 17.1 Å². The van der Waals surface area contributed by atoms with Gasteiger partial charge in [0, 0.05) is 52.4 Å². The Labute approximate surface area is 235 Å². The average Bonchev–Trinajstić information content (AvgIpc) is 2.96. The maximum Gasteiger partial charge on any atom is 0.254 e. The molecule has 0 spiro atoms. The van der Waals surface area contributed by atoms with Crippen LogP contribution in [0.2, 0.25) is 0 Å². The molecule has 0 bridgehead atoms. The maximum absolute atomic E-state index is 13.7. The second-order valence-electron chi connectivity index (χ2n) is 10.5. The molecule has 3 heterocycles. The Morgan fingerprint density at radius 1 is 0.975 bits per heavy atom. The van der Waals surface area contributed by atoms with E-state index in [-0.39, 0.29) is 11.4 Å². The average molecular weight is 548 g/mol. The van der Waals surface area contributed by atoms with E-state index < -0.39 is 11.7 Å². The Morgan fingerprint density at radius 2 is 1.73 bits per heavy atom. The normalized spacial score (nSPS) is 17.1. The molecule has 2 aromatic carbocycles. The lowest BCUT2D eigenvalue weighted by Gasteiger charge is -2.34. The summed E-state index contributed by atoms with van der Waals surface area (Å²) in [7, 11) is 0. The van der Waals surface area contributed by atoms with Gasteiger partial charge in [0.25, 0.3) is 5.91 Å². The van der Waals surface area contributed by atoms with Crippen LogP contribution in [0.1, 0.15) is 34.8 Å². The van der Waals surface area contributed by atoms with Crippen LogP contribution >= 0.6 is 0 Å². The van der Waals surface area contributed by atoms with E-state index in [0.717, 1.165) is 89.0 Å². The van der Waals surface area contributed by atoms with E-state index in [2.05, 4.69) is 44.8 Å². The number of halogens is 1. The van der Waals surface area contributed by atoms with Crippen LogP contribution in [0.5, 0.6) is 11.6 Å². The SMILES string of the molecule is CCCN1CCN(Cc2ccc(-c3cccc(Oc4ncc(F)cc4C(N)=O)c3)c(CN3CCOCC3)c2)CC1. The summed E-state index contributed by atoms with van der Waals surface area (Å²) in [6.45, 7) is 12.9. The molecule has 40 heavy (non-hydrogen) atoms. The van der Waals surface area contributed by atoms with Gasteiger partial charge < -0.3 is 20.1 Å². The van der Waals surface area contributed by atoms with Crippen molar-refractivity contribution in [1.29, 1.82) is 0 Å². The lowest BCUT2D eigenvalue weighted by Crippen LogP contribution is -2.46. The van der Waals surface area contributed by atoms with Gasteiger partial charge in [0.2, 0.25) is 5.88 Å². The molecule has 212 valence electrons. The number of carbonyl (C=O) groups excluding carboxylic acids is 1. The predicted molar refractivity (Wildman–Crippen MR) is 153 cm³/mol. The number of benzene rings is 2. The van der Waals surface area contributed by atoms with Crippen molar-refractivity contribution >= 4 is 5.91 Å². The quantitative estimate of drug-likeness (QED) is 0.409. The highest BCUT2D eigenvalue weighted by molar-refractivity contribution is 5.95. The molecule has 2 N–H and O–H groups in total. The Hall–Kier alpha value is -3.37. The van der Waals surface area contributed by atoms with Crippen LogP contribution in [0, 0.1) is 5.82 Å². The topological polar surface area (TPSA) is 84.2 Å². The molecule has 0 radical (unpaired) electrons. The highest BCUT2D eigenvalue weighted by Gasteiger charge is 2.19. The van der Waals surface area contributed by atoms with Crippen molar-refractivity contribution < 1.29 is 18.7 Å². The van der Waals surface area contributed by atoms with Gasteiger partial charge in [-0.25, -0.2) is 9.37 Å². The summed E-state index contributed by atoms with van der Waals surface area (Å²) in [5.41, 5.74) is 9.99. The Balaban J connectivity index is 1.39. The lowest BCUT2D eigenvalue weighted by molar-refractivity contribution is 0.0342. The van der Waals surface area contributed by atoms with E-state index in [1.165, 1.54) is 24.1 Å². The molecule has 1 aromatic heterocycles. The third-order valence-corrected chi connectivity index (χ3v) is 7.52. The molecule has 9 heteroatoms. The van der Waals surface area contributed by atoms with E-state index in [1.807, 2.05) is 18.2 Å². The smallest absolute Gasteiger partial charge is 0.254 e. The molecular weight excluding hydrogens is 509 g/mol.